The average molecular weight is 455 g/mol. The van der Waals surface area contributed by atoms with E-state index in [0.29, 0.717) is 14.9 Å². The number of benzene rings is 1. The first kappa shape index (κ1) is 22.2. The molecule has 1 aromatic heterocycles. The van der Waals surface area contributed by atoms with Crippen molar-refractivity contribution < 1.29 is 27.1 Å². The standard InChI is InChI=1S/C20H23FN2O5S2/c1-3-28-20(25)18-13-8-4-7-11-16(13)29-19(18)22-17(24)12-23(30(2,26)27)15-10-6-5-9-14(15)21/h5-6,9-10H,3-4,7-8,11-12H2,1-2H3,(H,22,24). The first-order chi connectivity index (χ1) is 14.2. The van der Waals surface area contributed by atoms with Gasteiger partial charge in [0.25, 0.3) is 0 Å². The summed E-state index contributed by atoms with van der Waals surface area (Å²) in [6, 6.07) is 5.33. The minimum atomic E-state index is -3.92. The molecule has 3 rings (SSSR count). The van der Waals surface area contributed by atoms with Gasteiger partial charge in [0.2, 0.25) is 15.9 Å². The molecule has 0 aliphatic heterocycles. The first-order valence-corrected chi connectivity index (χ1v) is 12.2. The van der Waals surface area contributed by atoms with Crippen LogP contribution in [0.25, 0.3) is 0 Å². The van der Waals surface area contributed by atoms with Crippen LogP contribution in [0.5, 0.6) is 0 Å². The lowest BCUT2D eigenvalue weighted by Gasteiger charge is -2.22. The number of para-hydroxylation sites is 1. The molecule has 2 aromatic rings. The fourth-order valence-corrected chi connectivity index (χ4v) is 5.56. The number of aryl methyl sites for hydroxylation is 1. The molecule has 0 unspecified atom stereocenters. The number of nitrogens with zero attached hydrogens (tertiary/aromatic N) is 1. The Hall–Kier alpha value is -2.46. The van der Waals surface area contributed by atoms with Crippen molar-refractivity contribution in [3.8, 4) is 0 Å². The molecule has 0 radical (unpaired) electrons. The summed E-state index contributed by atoms with van der Waals surface area (Å²) in [4.78, 5) is 26.2. The van der Waals surface area contributed by atoms with Crippen LogP contribution in [0.4, 0.5) is 15.1 Å². The van der Waals surface area contributed by atoms with E-state index in [9.17, 15) is 22.4 Å². The van der Waals surface area contributed by atoms with E-state index in [4.69, 9.17) is 4.74 Å². The number of rotatable bonds is 7. The lowest BCUT2D eigenvalue weighted by Crippen LogP contribution is -2.38. The molecule has 162 valence electrons. The Kier molecular flexibility index (Phi) is 6.77. The maximum atomic E-state index is 14.2. The van der Waals surface area contributed by atoms with Gasteiger partial charge in [0, 0.05) is 4.88 Å². The molecule has 1 aliphatic carbocycles. The van der Waals surface area contributed by atoms with Crippen LogP contribution in [0, 0.1) is 5.82 Å². The Morgan fingerprint density at radius 3 is 2.60 bits per heavy atom. The van der Waals surface area contributed by atoms with Crippen molar-refractivity contribution in [3.63, 3.8) is 0 Å². The van der Waals surface area contributed by atoms with E-state index in [2.05, 4.69) is 5.32 Å². The summed E-state index contributed by atoms with van der Waals surface area (Å²) >= 11 is 1.30. The van der Waals surface area contributed by atoms with Gasteiger partial charge in [-0.15, -0.1) is 11.3 Å². The minimum Gasteiger partial charge on any atom is -0.462 e. The number of halogens is 1. The molecule has 0 bridgehead atoms. The molecule has 1 heterocycles. The summed E-state index contributed by atoms with van der Waals surface area (Å²) in [5.41, 5.74) is 1.00. The number of nitrogens with one attached hydrogen (secondary N) is 1. The van der Waals surface area contributed by atoms with E-state index < -0.39 is 34.3 Å². The van der Waals surface area contributed by atoms with Crippen molar-refractivity contribution in [3.05, 3.63) is 46.1 Å². The van der Waals surface area contributed by atoms with E-state index >= 15 is 0 Å². The molecule has 0 spiro atoms. The van der Waals surface area contributed by atoms with Gasteiger partial charge in [-0.1, -0.05) is 12.1 Å². The number of esters is 1. The molecule has 1 amide bonds. The van der Waals surface area contributed by atoms with E-state index in [1.807, 2.05) is 0 Å². The number of sulfonamides is 1. The Morgan fingerprint density at radius 2 is 1.93 bits per heavy atom. The molecule has 0 fully saturated rings. The van der Waals surface area contributed by atoms with Crippen LogP contribution in [0.15, 0.2) is 24.3 Å². The van der Waals surface area contributed by atoms with Gasteiger partial charge in [-0.05, 0) is 50.3 Å². The number of hydrogen-bond donors (Lipinski definition) is 1. The fourth-order valence-electron chi connectivity index (χ4n) is 3.40. The topological polar surface area (TPSA) is 92.8 Å². The molecule has 1 aliphatic rings. The normalized spacial score (nSPS) is 13.4. The van der Waals surface area contributed by atoms with E-state index in [0.717, 1.165) is 48.4 Å². The Morgan fingerprint density at radius 1 is 1.23 bits per heavy atom. The number of fused-ring (bicyclic) bond motifs is 1. The molecule has 10 heteroatoms. The molecule has 7 nitrogen and oxygen atoms in total. The smallest absolute Gasteiger partial charge is 0.341 e. The second-order valence-electron chi connectivity index (χ2n) is 6.90. The van der Waals surface area contributed by atoms with E-state index in [1.165, 1.54) is 29.5 Å². The zero-order chi connectivity index (χ0) is 21.9. The van der Waals surface area contributed by atoms with Gasteiger partial charge < -0.3 is 10.1 Å². The van der Waals surface area contributed by atoms with Crippen LogP contribution in [-0.4, -0.2) is 39.7 Å². The molecular formula is C20H23FN2O5S2. The van der Waals surface area contributed by atoms with Gasteiger partial charge in [0.15, 0.2) is 0 Å². The van der Waals surface area contributed by atoms with Gasteiger partial charge >= 0.3 is 5.97 Å². The number of hydrogen-bond acceptors (Lipinski definition) is 6. The molecule has 0 saturated carbocycles. The third-order valence-electron chi connectivity index (χ3n) is 4.71. The van der Waals surface area contributed by atoms with Crippen molar-refractivity contribution in [1.29, 1.82) is 0 Å². The fraction of sp³-hybridized carbons (Fsp3) is 0.400. The zero-order valence-corrected chi connectivity index (χ0v) is 18.4. The number of carbonyl (C=O) groups is 2. The molecule has 0 atom stereocenters. The predicted octanol–water partition coefficient (Wildman–Crippen LogP) is 3.35. The second-order valence-corrected chi connectivity index (χ2v) is 9.92. The summed E-state index contributed by atoms with van der Waals surface area (Å²) in [7, 11) is -3.92. The third-order valence-corrected chi connectivity index (χ3v) is 7.05. The van der Waals surface area contributed by atoms with Crippen LogP contribution < -0.4 is 9.62 Å². The van der Waals surface area contributed by atoms with Crippen molar-refractivity contribution in [2.75, 3.05) is 29.0 Å². The maximum absolute atomic E-state index is 14.2. The van der Waals surface area contributed by atoms with Gasteiger partial charge in [-0.2, -0.15) is 0 Å². The third kappa shape index (κ3) is 4.81. The van der Waals surface area contributed by atoms with Crippen LogP contribution >= 0.6 is 11.3 Å². The molecule has 30 heavy (non-hydrogen) atoms. The lowest BCUT2D eigenvalue weighted by atomic mass is 9.95. The SMILES string of the molecule is CCOC(=O)c1c(NC(=O)CN(c2ccccc2F)S(C)(=O)=O)sc2c1CCCC2. The largest absolute Gasteiger partial charge is 0.462 e. The van der Waals surface area contributed by atoms with Crippen molar-refractivity contribution in [2.24, 2.45) is 0 Å². The minimum absolute atomic E-state index is 0.200. The summed E-state index contributed by atoms with van der Waals surface area (Å²) in [6.45, 7) is 1.28. The van der Waals surface area contributed by atoms with Gasteiger partial charge in [-0.25, -0.2) is 17.6 Å². The highest BCUT2D eigenvalue weighted by Gasteiger charge is 2.29. The number of thiophene rings is 1. The lowest BCUT2D eigenvalue weighted by molar-refractivity contribution is -0.114. The predicted molar refractivity (Wildman–Crippen MR) is 114 cm³/mol. The quantitative estimate of drug-likeness (QED) is 0.648. The number of ether oxygens (including phenoxy) is 1. The molecular weight excluding hydrogens is 431 g/mol. The van der Waals surface area contributed by atoms with Crippen molar-refractivity contribution >= 4 is 43.9 Å². The Labute approximate surface area is 178 Å². The number of carbonyl (C=O) groups excluding carboxylic acids is 2. The van der Waals surface area contributed by atoms with Gasteiger partial charge in [0.1, 0.15) is 17.4 Å². The van der Waals surface area contributed by atoms with Crippen LogP contribution in [0.2, 0.25) is 0 Å². The van der Waals surface area contributed by atoms with Crippen LogP contribution in [0.1, 0.15) is 40.6 Å². The summed E-state index contributed by atoms with van der Waals surface area (Å²) in [6.07, 6.45) is 4.38. The Balaban J connectivity index is 1.89. The molecule has 1 N–H and O–H groups in total. The Bertz CT molecular complexity index is 1070. The summed E-state index contributed by atoms with van der Waals surface area (Å²) in [5, 5.41) is 2.99. The molecule has 0 saturated heterocycles. The second kappa shape index (κ2) is 9.13. The monoisotopic (exact) mass is 454 g/mol. The van der Waals surface area contributed by atoms with E-state index in [1.54, 1.807) is 6.92 Å². The highest BCUT2D eigenvalue weighted by atomic mass is 32.2. The molecule has 1 aromatic carbocycles. The average Bonchev–Trinajstić information content (AvgIpc) is 3.04. The van der Waals surface area contributed by atoms with Gasteiger partial charge in [0.05, 0.1) is 24.1 Å². The van der Waals surface area contributed by atoms with Gasteiger partial charge in [-0.3, -0.25) is 9.10 Å². The number of amides is 1. The first-order valence-electron chi connectivity index (χ1n) is 9.56. The van der Waals surface area contributed by atoms with Crippen LogP contribution in [-0.2, 0) is 32.4 Å². The van der Waals surface area contributed by atoms with E-state index in [-0.39, 0.29) is 12.3 Å². The maximum Gasteiger partial charge on any atom is 0.341 e. The summed E-state index contributed by atoms with van der Waals surface area (Å²) in [5.74, 6) is -1.94. The summed E-state index contributed by atoms with van der Waals surface area (Å²) < 4.78 is 44.4. The van der Waals surface area contributed by atoms with Crippen molar-refractivity contribution in [2.45, 2.75) is 32.6 Å². The highest BCUT2D eigenvalue weighted by molar-refractivity contribution is 7.92. The zero-order valence-electron chi connectivity index (χ0n) is 16.7. The highest BCUT2D eigenvalue weighted by Crippen LogP contribution is 2.38. The van der Waals surface area contributed by atoms with Crippen LogP contribution in [0.3, 0.4) is 0 Å². The number of anilines is 2. The van der Waals surface area contributed by atoms with Crippen molar-refractivity contribution in [1.82, 2.24) is 0 Å².